The first-order chi connectivity index (χ1) is 12.7. The molecule has 0 radical (unpaired) electrons. The fourth-order valence-corrected chi connectivity index (χ4v) is 5.14. The number of hydrogen-bond donors (Lipinski definition) is 2. The van der Waals surface area contributed by atoms with Crippen LogP contribution in [0.3, 0.4) is 0 Å². The second-order valence-electron chi connectivity index (χ2n) is 8.14. The van der Waals surface area contributed by atoms with Gasteiger partial charge in [0.2, 0.25) is 11.5 Å². The fraction of sp³-hybridized carbons (Fsp3) is 0.391. The molecule has 0 bridgehead atoms. The number of rotatable bonds is 4. The summed E-state index contributed by atoms with van der Waals surface area (Å²) < 4.78 is 0. The Labute approximate surface area is 153 Å². The minimum atomic E-state index is 0.0951. The second kappa shape index (κ2) is 5.80. The predicted octanol–water partition coefficient (Wildman–Crippen LogP) is 2.75. The average Bonchev–Trinajstić information content (AvgIpc) is 3.43. The second-order valence-corrected chi connectivity index (χ2v) is 8.14. The van der Waals surface area contributed by atoms with Crippen molar-refractivity contribution in [2.45, 2.75) is 37.5 Å². The Bertz CT molecular complexity index is 871. The highest BCUT2D eigenvalue weighted by Gasteiger charge is 2.58. The van der Waals surface area contributed by atoms with Gasteiger partial charge in [-0.15, -0.1) is 0 Å². The highest BCUT2D eigenvalue weighted by Crippen LogP contribution is 2.61. The third-order valence-corrected chi connectivity index (χ3v) is 6.85. The molecule has 132 valence electrons. The maximum atomic E-state index is 13.2. The van der Waals surface area contributed by atoms with E-state index in [9.17, 15) is 9.90 Å². The molecule has 0 saturated heterocycles. The highest BCUT2D eigenvalue weighted by atomic mass is 16.3. The highest BCUT2D eigenvalue weighted by molar-refractivity contribution is 6.38. The number of carbonyl (C=O) groups excluding carboxylic acids is 1. The van der Waals surface area contributed by atoms with Gasteiger partial charge in [-0.05, 0) is 48.7 Å². The first-order valence-electron chi connectivity index (χ1n) is 9.70. The zero-order valence-electron chi connectivity index (χ0n) is 14.8. The van der Waals surface area contributed by atoms with Crippen LogP contribution in [0.4, 0.5) is 0 Å². The Morgan fingerprint density at radius 2 is 1.92 bits per heavy atom. The summed E-state index contributed by atoms with van der Waals surface area (Å²) in [5.74, 6) is 1.02. The van der Waals surface area contributed by atoms with Crippen molar-refractivity contribution in [2.24, 2.45) is 17.8 Å². The van der Waals surface area contributed by atoms with E-state index in [0.717, 1.165) is 18.4 Å². The van der Waals surface area contributed by atoms with Gasteiger partial charge in [-0.1, -0.05) is 48.6 Å². The lowest BCUT2D eigenvalue weighted by Gasteiger charge is -2.41. The largest absolute Gasteiger partial charge is 0.460 e. The van der Waals surface area contributed by atoms with Crippen molar-refractivity contribution in [2.75, 3.05) is 0 Å². The Morgan fingerprint density at radius 1 is 1.12 bits per heavy atom. The Morgan fingerprint density at radius 3 is 2.62 bits per heavy atom. The van der Waals surface area contributed by atoms with Crippen LogP contribution in [0.25, 0.3) is 0 Å². The van der Waals surface area contributed by atoms with Gasteiger partial charge in [0.1, 0.15) is 0 Å². The number of aliphatic hydroxyl groups is 1. The first kappa shape index (κ1) is 15.8. The van der Waals surface area contributed by atoms with Crippen LogP contribution in [0.1, 0.15) is 37.7 Å². The van der Waals surface area contributed by atoms with Gasteiger partial charge >= 0.3 is 5.88 Å². The molecule has 26 heavy (non-hydrogen) atoms. The number of benzene rings is 1. The van der Waals surface area contributed by atoms with Crippen molar-refractivity contribution in [3.05, 3.63) is 71.7 Å². The lowest BCUT2D eigenvalue weighted by molar-refractivity contribution is -0.440. The van der Waals surface area contributed by atoms with E-state index < -0.39 is 0 Å². The van der Waals surface area contributed by atoms with Gasteiger partial charge in [-0.3, -0.25) is 4.79 Å². The molecule has 1 aromatic rings. The number of aliphatic hydroxyl groups excluding tert-OH is 1. The molecule has 3 aliphatic carbocycles. The van der Waals surface area contributed by atoms with E-state index in [2.05, 4.69) is 41.4 Å². The number of hydrogen-bond acceptors (Lipinski definition) is 2. The Kier molecular flexibility index (Phi) is 3.53. The third-order valence-electron chi connectivity index (χ3n) is 6.85. The number of Topliss-reactive ketones (excluding diaryl/α,β-unsaturated/α-hetero) is 1. The van der Waals surface area contributed by atoms with Crippen molar-refractivity contribution in [3.63, 3.8) is 0 Å². The minimum absolute atomic E-state index is 0.0951. The van der Waals surface area contributed by atoms with Crippen LogP contribution in [0.5, 0.6) is 0 Å². The monoisotopic (exact) mass is 346 g/mol. The number of carbonyl (C=O) groups is 1. The summed E-state index contributed by atoms with van der Waals surface area (Å²) in [7, 11) is 0. The van der Waals surface area contributed by atoms with Crippen molar-refractivity contribution in [3.8, 4) is 0 Å². The smallest absolute Gasteiger partial charge is 0.367 e. The van der Waals surface area contributed by atoms with Crippen molar-refractivity contribution < 1.29 is 14.9 Å². The van der Waals surface area contributed by atoms with Crippen molar-refractivity contribution in [1.29, 1.82) is 0 Å². The number of nitrogens with one attached hydrogen (secondary N) is 1. The summed E-state index contributed by atoms with van der Waals surface area (Å²) >= 11 is 0. The average molecular weight is 346 g/mol. The maximum absolute atomic E-state index is 13.2. The summed E-state index contributed by atoms with van der Waals surface area (Å²) in [6.45, 7) is 0. The molecule has 3 nitrogen and oxygen atoms in total. The summed E-state index contributed by atoms with van der Waals surface area (Å²) in [4.78, 5) is 16.3. The van der Waals surface area contributed by atoms with E-state index in [1.165, 1.54) is 18.4 Å². The fourth-order valence-electron chi connectivity index (χ4n) is 5.14. The van der Waals surface area contributed by atoms with Gasteiger partial charge in [0.05, 0.1) is 5.57 Å². The SMILES string of the molecule is O=C(C1=[NH+]C(O)=C2C=CC=CC2C1)C1CCC1C1(c2ccccc2)CC1. The van der Waals surface area contributed by atoms with Crippen LogP contribution in [0.15, 0.2) is 66.1 Å². The van der Waals surface area contributed by atoms with E-state index >= 15 is 0 Å². The third kappa shape index (κ3) is 2.33. The Balaban J connectivity index is 1.40. The topological polar surface area (TPSA) is 51.3 Å². The molecule has 3 unspecified atom stereocenters. The van der Waals surface area contributed by atoms with E-state index in [1.807, 2.05) is 18.2 Å². The predicted molar refractivity (Wildman–Crippen MR) is 101 cm³/mol. The van der Waals surface area contributed by atoms with Crippen LogP contribution in [-0.2, 0) is 10.2 Å². The van der Waals surface area contributed by atoms with Gasteiger partial charge in [-0.2, -0.15) is 4.99 Å². The number of ketones is 1. The van der Waals surface area contributed by atoms with E-state index in [-0.39, 0.29) is 28.9 Å². The molecule has 3 atom stereocenters. The first-order valence-corrected chi connectivity index (χ1v) is 9.70. The van der Waals surface area contributed by atoms with Gasteiger partial charge in [0.25, 0.3) is 0 Å². The van der Waals surface area contributed by atoms with Gasteiger partial charge in [0, 0.05) is 18.3 Å². The van der Waals surface area contributed by atoms with Crippen LogP contribution >= 0.6 is 0 Å². The molecule has 1 heterocycles. The molecule has 1 aliphatic heterocycles. The Hall–Kier alpha value is -2.42. The van der Waals surface area contributed by atoms with Gasteiger partial charge in [0.15, 0.2) is 0 Å². The number of fused-ring (bicyclic) bond motifs is 1. The zero-order chi connectivity index (χ0) is 17.7. The summed E-state index contributed by atoms with van der Waals surface area (Å²) in [5.41, 5.74) is 3.19. The molecule has 2 saturated carbocycles. The van der Waals surface area contributed by atoms with Gasteiger partial charge in [-0.25, -0.2) is 0 Å². The molecule has 2 N–H and O–H groups in total. The van der Waals surface area contributed by atoms with Crippen LogP contribution in [-0.4, -0.2) is 16.6 Å². The molecule has 0 amide bonds. The molecule has 4 aliphatic rings. The van der Waals surface area contributed by atoms with Crippen molar-refractivity contribution >= 4 is 11.5 Å². The lowest BCUT2D eigenvalue weighted by atomic mass is 9.61. The van der Waals surface area contributed by atoms with Crippen molar-refractivity contribution in [1.82, 2.24) is 0 Å². The molecule has 3 heteroatoms. The summed E-state index contributed by atoms with van der Waals surface area (Å²) in [6, 6.07) is 10.7. The molecule has 2 fully saturated rings. The van der Waals surface area contributed by atoms with Crippen LogP contribution in [0.2, 0.25) is 0 Å². The molecule has 5 rings (SSSR count). The summed E-state index contributed by atoms with van der Waals surface area (Å²) in [6.07, 6.45) is 13.1. The molecular weight excluding hydrogens is 322 g/mol. The molecule has 0 aromatic heterocycles. The van der Waals surface area contributed by atoms with Crippen LogP contribution in [0, 0.1) is 17.8 Å². The number of allylic oxidation sites excluding steroid dienone is 5. The summed E-state index contributed by atoms with van der Waals surface area (Å²) in [5, 5.41) is 10.3. The quantitative estimate of drug-likeness (QED) is 0.881. The van der Waals surface area contributed by atoms with E-state index in [0.29, 0.717) is 18.1 Å². The molecular formula is C23H24NO2+. The molecule has 0 spiro atoms. The minimum Gasteiger partial charge on any atom is -0.460 e. The standard InChI is InChI=1S/C23H23NO2/c25-21(20-14-15-6-4-5-9-17(15)22(26)24-20)18-10-11-19(18)23(12-13-23)16-7-2-1-3-8-16/h1-9,15,18-19,26H,10-14H2/p+1. The van der Waals surface area contributed by atoms with E-state index in [4.69, 9.17) is 0 Å². The van der Waals surface area contributed by atoms with E-state index in [1.54, 1.807) is 0 Å². The maximum Gasteiger partial charge on any atom is 0.367 e. The van der Waals surface area contributed by atoms with Gasteiger partial charge < -0.3 is 5.11 Å². The molecule has 1 aromatic carbocycles. The van der Waals surface area contributed by atoms with Crippen LogP contribution < -0.4 is 4.99 Å². The lowest BCUT2D eigenvalue weighted by Crippen LogP contribution is -2.76. The normalized spacial score (nSPS) is 31.1. The zero-order valence-corrected chi connectivity index (χ0v) is 14.8.